The van der Waals surface area contributed by atoms with E-state index in [1.54, 1.807) is 0 Å². The summed E-state index contributed by atoms with van der Waals surface area (Å²) in [4.78, 5) is 0. The minimum Gasteiger partial charge on any atom is -0.273 e. The van der Waals surface area contributed by atoms with Gasteiger partial charge in [-0.2, -0.15) is 29.8 Å². The van der Waals surface area contributed by atoms with Crippen molar-refractivity contribution in [2.75, 3.05) is 0 Å². The van der Waals surface area contributed by atoms with Gasteiger partial charge in [-0.3, -0.25) is 6.08 Å². The number of allylic oxidation sites excluding steroid dienone is 4. The van der Waals surface area contributed by atoms with Crippen LogP contribution in [0.5, 0.6) is 0 Å². The van der Waals surface area contributed by atoms with Crippen molar-refractivity contribution < 1.29 is 24.2 Å². The van der Waals surface area contributed by atoms with Crippen molar-refractivity contribution in [1.29, 1.82) is 0 Å². The van der Waals surface area contributed by atoms with Gasteiger partial charge in [0, 0.05) is 0 Å². The summed E-state index contributed by atoms with van der Waals surface area (Å²) in [6, 6.07) is 27.8. The summed E-state index contributed by atoms with van der Waals surface area (Å²) in [6.45, 7) is 13.6. The average molecular weight is 867 g/mol. The molecule has 0 N–H and O–H groups in total. The fourth-order valence-electron chi connectivity index (χ4n) is 5.66. The minimum atomic E-state index is 0. The number of halogens is 6. The second-order valence-corrected chi connectivity index (χ2v) is 16.6. The fraction of sp³-hybridized carbons (Fsp3) is 0.326. The third-order valence-corrected chi connectivity index (χ3v) is 11.0. The average Bonchev–Trinajstić information content (AvgIpc) is 3.78. The molecule has 0 heterocycles. The van der Waals surface area contributed by atoms with Crippen molar-refractivity contribution in [1.82, 2.24) is 0 Å². The van der Waals surface area contributed by atoms with Crippen LogP contribution in [0.25, 0.3) is 11.1 Å². The van der Waals surface area contributed by atoms with E-state index in [2.05, 4.69) is 114 Å². The molecule has 2 aliphatic carbocycles. The second kappa shape index (κ2) is 20.3. The summed E-state index contributed by atoms with van der Waals surface area (Å²) in [5, 5.41) is 0. The molecule has 4 aromatic rings. The van der Waals surface area contributed by atoms with Crippen molar-refractivity contribution in [3.8, 4) is 11.1 Å². The second-order valence-electron chi connectivity index (χ2n) is 14.3. The van der Waals surface area contributed by atoms with Crippen LogP contribution in [0.3, 0.4) is 0 Å². The maximum absolute atomic E-state index is 5.99. The maximum Gasteiger partial charge on any atom is -0.109 e. The first kappa shape index (κ1) is 45.0. The van der Waals surface area contributed by atoms with E-state index in [1.165, 1.54) is 71.9 Å². The molecule has 0 amide bonds. The van der Waals surface area contributed by atoms with Gasteiger partial charge in [-0.25, -0.2) is 12.2 Å². The Kier molecular flexibility index (Phi) is 18.3. The van der Waals surface area contributed by atoms with Crippen molar-refractivity contribution in [2.24, 2.45) is 0 Å². The zero-order valence-corrected chi connectivity index (χ0v) is 36.8. The quantitative estimate of drug-likeness (QED) is 0.118. The van der Waals surface area contributed by atoms with Crippen LogP contribution in [0.1, 0.15) is 104 Å². The molecule has 0 bridgehead atoms. The molecule has 0 radical (unpaired) electrons. The normalized spacial score (nSPS) is 12.4. The van der Waals surface area contributed by atoms with Gasteiger partial charge >= 0.3 is 167 Å². The Balaban J connectivity index is 0.000000293. The molecule has 6 rings (SSSR count). The van der Waals surface area contributed by atoms with Gasteiger partial charge in [-0.1, -0.05) is 65.3 Å². The van der Waals surface area contributed by atoms with Crippen LogP contribution in [0, 0.1) is 12.1 Å². The molecule has 264 valence electrons. The van der Waals surface area contributed by atoms with Gasteiger partial charge in [-0.15, -0.1) is 42.4 Å². The van der Waals surface area contributed by atoms with Gasteiger partial charge in [0.15, 0.2) is 0 Å². The zero-order chi connectivity index (χ0) is 35.1. The molecule has 0 saturated heterocycles. The van der Waals surface area contributed by atoms with Gasteiger partial charge < -0.3 is 0 Å². The third kappa shape index (κ3) is 12.2. The largest absolute Gasteiger partial charge is 0.273 e. The number of benzene rings is 4. The summed E-state index contributed by atoms with van der Waals surface area (Å²) >= 11 is 25.3. The van der Waals surface area contributed by atoms with E-state index < -0.39 is 0 Å². The molecule has 0 aliphatic heterocycles. The van der Waals surface area contributed by atoms with Crippen LogP contribution < -0.4 is 0 Å². The topological polar surface area (TPSA) is 0 Å². The number of hydrogen-bond donors (Lipinski definition) is 0. The Bertz CT molecular complexity index is 1630. The Morgan fingerprint density at radius 3 is 1.54 bits per heavy atom. The van der Waals surface area contributed by atoms with Crippen molar-refractivity contribution in [2.45, 2.75) is 88.7 Å². The van der Waals surface area contributed by atoms with Gasteiger partial charge in [0.05, 0.1) is 0 Å². The predicted molar refractivity (Wildman–Crippen MR) is 221 cm³/mol. The summed E-state index contributed by atoms with van der Waals surface area (Å²) in [7, 11) is 0. The molecule has 7 heteroatoms. The van der Waals surface area contributed by atoms with Crippen LogP contribution in [-0.4, -0.2) is 3.21 Å². The summed E-state index contributed by atoms with van der Waals surface area (Å²) in [5.74, 6) is 1.93. The van der Waals surface area contributed by atoms with Crippen molar-refractivity contribution >= 4 is 74.4 Å². The van der Waals surface area contributed by atoms with E-state index in [4.69, 9.17) is 46.4 Å². The van der Waals surface area contributed by atoms with Crippen LogP contribution in [0.15, 0.2) is 85.0 Å². The molecule has 0 atom stereocenters. The first-order valence-corrected chi connectivity index (χ1v) is 19.6. The molecule has 2 aliphatic rings. The summed E-state index contributed by atoms with van der Waals surface area (Å²) < 4.78 is 1.25. The Hall–Kier alpha value is -1.15. The van der Waals surface area contributed by atoms with E-state index in [1.807, 2.05) is 24.3 Å². The monoisotopic (exact) mass is 862 g/mol. The summed E-state index contributed by atoms with van der Waals surface area (Å²) in [6.07, 6.45) is 11.0. The van der Waals surface area contributed by atoms with Gasteiger partial charge in [0.1, 0.15) is 0 Å². The van der Waals surface area contributed by atoms with Crippen molar-refractivity contribution in [3.05, 3.63) is 153 Å². The van der Waals surface area contributed by atoms with Crippen LogP contribution in [0.2, 0.25) is 0 Å². The van der Waals surface area contributed by atoms with Gasteiger partial charge in [-0.05, 0) is 28.4 Å². The fourth-order valence-corrected chi connectivity index (χ4v) is 6.98. The Morgan fingerprint density at radius 1 is 0.660 bits per heavy atom. The molecule has 0 unspecified atom stereocenters. The first-order chi connectivity index (χ1) is 22.8. The van der Waals surface area contributed by atoms with Crippen LogP contribution in [-0.2, 0) is 65.0 Å². The molecule has 50 heavy (non-hydrogen) atoms. The third-order valence-electron chi connectivity index (χ3n) is 8.35. The zero-order valence-electron chi connectivity index (χ0n) is 29.7. The van der Waals surface area contributed by atoms with Crippen LogP contribution in [0.4, 0.5) is 0 Å². The minimum absolute atomic E-state index is 0. The Morgan fingerprint density at radius 2 is 1.16 bits per heavy atom. The molecule has 4 aromatic carbocycles. The van der Waals surface area contributed by atoms with Crippen molar-refractivity contribution in [3.63, 3.8) is 0 Å². The standard InChI is InChI=1S/C21H25.C17H14Cl4.C5H5.2ClH.Zr/c1-20(2,3)16-7-9-18-14(12-16)11-15-13-17(21(4,5)6)8-10-19(15)18;18-8-14-2-12(3-15(6-14)9-19)1-13-4-16(10-20)7-17(5-13)11-21;1-2-4-5-3-1;;;/h7-10,12H,11H2,1-6H3;2-7H,8-11H2;1-3H,4H2;2*1H;/q-1;;-1;;;+2. The first-order valence-electron chi connectivity index (χ1n) is 16.3. The van der Waals surface area contributed by atoms with Gasteiger partial charge in [0.2, 0.25) is 0 Å². The SMILES string of the molecule is CC(C)(C)c1[c-]c2c(cc1)-c1ccc(C(C)(C)C)cc1C2.Cl.Cl.ClCc1cc(CCl)cc([C](=[Zr+2])c2cc(CCl)cc(CCl)c2)c1.[C-]1=CC=CC1. The smallest absolute Gasteiger partial charge is 0.109 e. The van der Waals surface area contributed by atoms with E-state index in [0.29, 0.717) is 23.5 Å². The summed E-state index contributed by atoms with van der Waals surface area (Å²) in [5.41, 5.74) is 15.4. The predicted octanol–water partition coefficient (Wildman–Crippen LogP) is 13.6. The molecule has 0 aromatic heterocycles. The van der Waals surface area contributed by atoms with E-state index >= 15 is 0 Å². The maximum atomic E-state index is 5.99. The molecule has 0 fully saturated rings. The van der Waals surface area contributed by atoms with E-state index in [9.17, 15) is 0 Å². The molecular formula is C43H46Cl6Zr. The number of rotatable bonds is 6. The molecule has 0 spiro atoms. The van der Waals surface area contributed by atoms with E-state index in [-0.39, 0.29) is 35.6 Å². The molecule has 0 nitrogen and oxygen atoms in total. The Labute approximate surface area is 348 Å². The number of fused-ring (bicyclic) bond motifs is 3. The molecule has 0 saturated carbocycles. The molecular weight excluding hydrogens is 820 g/mol. The number of hydrogen-bond acceptors (Lipinski definition) is 0. The number of alkyl halides is 4. The van der Waals surface area contributed by atoms with Crippen LogP contribution >= 0.6 is 71.2 Å². The van der Waals surface area contributed by atoms with Gasteiger partial charge in [0.25, 0.3) is 0 Å². The van der Waals surface area contributed by atoms with E-state index in [0.717, 1.165) is 35.1 Å².